The van der Waals surface area contributed by atoms with E-state index in [2.05, 4.69) is 0 Å². The van der Waals surface area contributed by atoms with Gasteiger partial charge in [0.15, 0.2) is 5.78 Å². The second-order valence-corrected chi connectivity index (χ2v) is 6.36. The lowest BCUT2D eigenvalue weighted by molar-refractivity contribution is 0.0774. The second kappa shape index (κ2) is 7.16. The number of carbonyl (C=O) groups excluding carboxylic acids is 1. The van der Waals surface area contributed by atoms with Crippen molar-refractivity contribution in [1.29, 1.82) is 0 Å². The molecule has 0 bridgehead atoms. The summed E-state index contributed by atoms with van der Waals surface area (Å²) in [4.78, 5) is 13.5. The number of carbonyl (C=O) groups is 1. The van der Waals surface area contributed by atoms with Crippen LogP contribution in [0.15, 0.2) is 72.8 Å². The van der Waals surface area contributed by atoms with Crippen molar-refractivity contribution in [2.45, 2.75) is 12.0 Å². The molecule has 0 aliphatic carbocycles. The molecule has 4 rings (SSSR count). The van der Waals surface area contributed by atoms with Gasteiger partial charge in [-0.25, -0.2) is 0 Å². The molecular weight excluding hydrogens is 340 g/mol. The topological polar surface area (TPSA) is 44.8 Å². The Labute approximate surface area is 158 Å². The van der Waals surface area contributed by atoms with Crippen molar-refractivity contribution in [1.82, 2.24) is 0 Å². The highest BCUT2D eigenvalue weighted by molar-refractivity contribution is 6.05. The van der Waals surface area contributed by atoms with Gasteiger partial charge in [0.2, 0.25) is 0 Å². The predicted molar refractivity (Wildman–Crippen MR) is 103 cm³/mol. The van der Waals surface area contributed by atoms with E-state index in [4.69, 9.17) is 14.2 Å². The van der Waals surface area contributed by atoms with Crippen LogP contribution in [0.2, 0.25) is 0 Å². The fourth-order valence-corrected chi connectivity index (χ4v) is 3.66. The van der Waals surface area contributed by atoms with Gasteiger partial charge >= 0.3 is 0 Å². The Bertz CT molecular complexity index is 979. The van der Waals surface area contributed by atoms with Crippen LogP contribution in [0.3, 0.4) is 0 Å². The molecule has 3 aromatic rings. The summed E-state index contributed by atoms with van der Waals surface area (Å²) in [7, 11) is 3.23. The first kappa shape index (κ1) is 17.2. The van der Waals surface area contributed by atoms with Gasteiger partial charge in [0.05, 0.1) is 25.7 Å². The molecule has 1 aliphatic heterocycles. The van der Waals surface area contributed by atoms with E-state index in [1.807, 2.05) is 66.7 Å². The van der Waals surface area contributed by atoms with Crippen molar-refractivity contribution >= 4 is 5.78 Å². The highest BCUT2D eigenvalue weighted by Crippen LogP contribution is 2.47. The molecule has 0 radical (unpaired) electrons. The van der Waals surface area contributed by atoms with Crippen LogP contribution >= 0.6 is 0 Å². The Morgan fingerprint density at radius 3 is 2.00 bits per heavy atom. The Balaban J connectivity index is 1.93. The zero-order valence-corrected chi connectivity index (χ0v) is 15.2. The zero-order chi connectivity index (χ0) is 18.8. The van der Waals surface area contributed by atoms with E-state index in [1.165, 1.54) is 0 Å². The van der Waals surface area contributed by atoms with Gasteiger partial charge in [-0.3, -0.25) is 4.79 Å². The smallest absolute Gasteiger partial charge is 0.178 e. The first-order valence-electron chi connectivity index (χ1n) is 8.80. The lowest BCUT2D eigenvalue weighted by Crippen LogP contribution is -2.30. The molecule has 4 nitrogen and oxygen atoms in total. The monoisotopic (exact) mass is 360 g/mol. The summed E-state index contributed by atoms with van der Waals surface area (Å²) in [6, 6.07) is 22.6. The van der Waals surface area contributed by atoms with Crippen LogP contribution in [0.25, 0.3) is 0 Å². The molecule has 27 heavy (non-hydrogen) atoms. The summed E-state index contributed by atoms with van der Waals surface area (Å²) in [5, 5.41) is 0. The molecule has 2 atom stereocenters. The number of para-hydroxylation sites is 3. The summed E-state index contributed by atoms with van der Waals surface area (Å²) in [5.41, 5.74) is 2.22. The standard InChI is InChI=1S/C23H20O4/c1-25-18-12-6-3-9-15(18)21-22(24)16-10-4-8-14-20(16)27-23(21)17-11-5-7-13-19(17)26-2/h3-14,21,23H,1-2H3/t21-,23+/m0/s1. The summed E-state index contributed by atoms with van der Waals surface area (Å²) in [5.74, 6) is 1.42. The van der Waals surface area contributed by atoms with E-state index in [0.717, 1.165) is 11.1 Å². The van der Waals surface area contributed by atoms with Crippen LogP contribution in [0.4, 0.5) is 0 Å². The average Bonchev–Trinajstić information content (AvgIpc) is 2.73. The van der Waals surface area contributed by atoms with Crippen LogP contribution in [0, 0.1) is 0 Å². The third kappa shape index (κ3) is 2.93. The van der Waals surface area contributed by atoms with E-state index >= 15 is 0 Å². The number of methoxy groups -OCH3 is 2. The summed E-state index contributed by atoms with van der Waals surface area (Å²) in [6.07, 6.45) is -0.514. The minimum Gasteiger partial charge on any atom is -0.496 e. The SMILES string of the molecule is COc1ccccc1[C@H]1Oc2ccccc2C(=O)[C@@H]1c1ccccc1OC. The van der Waals surface area contributed by atoms with E-state index in [0.29, 0.717) is 22.8 Å². The summed E-state index contributed by atoms with van der Waals surface area (Å²) in [6.45, 7) is 0. The lowest BCUT2D eigenvalue weighted by atomic mass is 9.80. The molecule has 0 saturated heterocycles. The minimum absolute atomic E-state index is 0.0113. The molecule has 0 spiro atoms. The molecule has 0 aromatic heterocycles. The van der Waals surface area contributed by atoms with Crippen LogP contribution in [0.5, 0.6) is 17.2 Å². The highest BCUT2D eigenvalue weighted by Gasteiger charge is 2.41. The largest absolute Gasteiger partial charge is 0.496 e. The first-order valence-corrected chi connectivity index (χ1v) is 8.80. The lowest BCUT2D eigenvalue weighted by Gasteiger charge is -2.34. The van der Waals surface area contributed by atoms with Crippen molar-refractivity contribution in [3.8, 4) is 17.2 Å². The number of hydrogen-bond acceptors (Lipinski definition) is 4. The van der Waals surface area contributed by atoms with Gasteiger partial charge in [-0.2, -0.15) is 0 Å². The first-order chi connectivity index (χ1) is 13.2. The summed E-state index contributed by atoms with van der Waals surface area (Å²) >= 11 is 0. The third-order valence-corrected chi connectivity index (χ3v) is 4.91. The Kier molecular flexibility index (Phi) is 4.55. The molecule has 1 heterocycles. The van der Waals surface area contributed by atoms with Gasteiger partial charge in [0.25, 0.3) is 0 Å². The minimum atomic E-state index is -0.535. The van der Waals surface area contributed by atoms with Crippen molar-refractivity contribution < 1.29 is 19.0 Å². The van der Waals surface area contributed by atoms with Gasteiger partial charge in [-0.15, -0.1) is 0 Å². The van der Waals surface area contributed by atoms with Crippen LogP contribution in [-0.4, -0.2) is 20.0 Å². The molecule has 3 aromatic carbocycles. The van der Waals surface area contributed by atoms with E-state index in [1.54, 1.807) is 20.3 Å². The predicted octanol–water partition coefficient (Wildman–Crippen LogP) is 4.80. The number of rotatable bonds is 4. The molecular formula is C23H20O4. The number of hydrogen-bond donors (Lipinski definition) is 0. The van der Waals surface area contributed by atoms with Crippen LogP contribution in [0.1, 0.15) is 33.5 Å². The molecule has 136 valence electrons. The van der Waals surface area contributed by atoms with Gasteiger partial charge in [-0.05, 0) is 24.3 Å². The molecule has 1 aliphatic rings. The average molecular weight is 360 g/mol. The van der Waals surface area contributed by atoms with E-state index in [9.17, 15) is 4.79 Å². The van der Waals surface area contributed by atoms with Crippen molar-refractivity contribution in [3.63, 3.8) is 0 Å². The highest BCUT2D eigenvalue weighted by atomic mass is 16.5. The number of benzene rings is 3. The molecule has 0 unspecified atom stereocenters. The van der Waals surface area contributed by atoms with Crippen molar-refractivity contribution in [2.24, 2.45) is 0 Å². The van der Waals surface area contributed by atoms with Gasteiger partial charge in [0, 0.05) is 11.1 Å². The maximum Gasteiger partial charge on any atom is 0.178 e. The molecule has 0 fully saturated rings. The number of ether oxygens (including phenoxy) is 3. The molecule has 0 saturated carbocycles. The number of ketones is 1. The second-order valence-electron chi connectivity index (χ2n) is 6.36. The normalized spacial score (nSPS) is 18.4. The maximum atomic E-state index is 13.5. The number of fused-ring (bicyclic) bond motifs is 1. The van der Waals surface area contributed by atoms with Gasteiger partial charge < -0.3 is 14.2 Å². The Hall–Kier alpha value is -3.27. The molecule has 4 heteroatoms. The van der Waals surface area contributed by atoms with Crippen LogP contribution in [-0.2, 0) is 0 Å². The Morgan fingerprint density at radius 1 is 0.741 bits per heavy atom. The van der Waals surface area contributed by atoms with Gasteiger partial charge in [0.1, 0.15) is 23.4 Å². The zero-order valence-electron chi connectivity index (χ0n) is 15.2. The third-order valence-electron chi connectivity index (χ3n) is 4.91. The van der Waals surface area contributed by atoms with Gasteiger partial charge in [-0.1, -0.05) is 48.5 Å². The van der Waals surface area contributed by atoms with E-state index in [-0.39, 0.29) is 5.78 Å². The van der Waals surface area contributed by atoms with Crippen molar-refractivity contribution in [3.05, 3.63) is 89.5 Å². The van der Waals surface area contributed by atoms with Crippen molar-refractivity contribution in [2.75, 3.05) is 14.2 Å². The Morgan fingerprint density at radius 2 is 1.30 bits per heavy atom. The maximum absolute atomic E-state index is 13.5. The van der Waals surface area contributed by atoms with Crippen LogP contribution < -0.4 is 14.2 Å². The fourth-order valence-electron chi connectivity index (χ4n) is 3.66. The molecule has 0 N–H and O–H groups in total. The quantitative estimate of drug-likeness (QED) is 0.670. The van der Waals surface area contributed by atoms with E-state index < -0.39 is 12.0 Å². The number of Topliss-reactive ketones (excluding diaryl/α,β-unsaturated/α-hetero) is 1. The fraction of sp³-hybridized carbons (Fsp3) is 0.174. The molecule has 0 amide bonds. The summed E-state index contributed by atoms with van der Waals surface area (Å²) < 4.78 is 17.4.